The molecule has 0 radical (unpaired) electrons. The van der Waals surface area contributed by atoms with E-state index in [1.807, 2.05) is 0 Å². The van der Waals surface area contributed by atoms with Gasteiger partial charge in [-0.2, -0.15) is 0 Å². The van der Waals surface area contributed by atoms with E-state index >= 15 is 0 Å². The highest BCUT2D eigenvalue weighted by Gasteiger charge is 1.98. The molecule has 0 spiro atoms. The van der Waals surface area contributed by atoms with Crippen molar-refractivity contribution in [3.05, 3.63) is 46.6 Å². The highest BCUT2D eigenvalue weighted by atomic mass is 16.5. The molecule has 0 fully saturated rings. The van der Waals surface area contributed by atoms with Gasteiger partial charge < -0.3 is 4.74 Å². The second-order valence-electron chi connectivity index (χ2n) is 7.16. The smallest absolute Gasteiger partial charge is 0.305 e. The third kappa shape index (κ3) is 15.7. The van der Waals surface area contributed by atoms with E-state index in [1.165, 1.54) is 35.8 Å². The summed E-state index contributed by atoms with van der Waals surface area (Å²) in [6.07, 6.45) is 17.2. The highest BCUT2D eigenvalue weighted by Crippen LogP contribution is 2.14. The molecule has 142 valence electrons. The van der Waals surface area contributed by atoms with Gasteiger partial charge in [-0.25, -0.2) is 0 Å². The summed E-state index contributed by atoms with van der Waals surface area (Å²) in [6, 6.07) is 0. The predicted octanol–water partition coefficient (Wildman–Crippen LogP) is 7.09. The van der Waals surface area contributed by atoms with E-state index in [4.69, 9.17) is 0 Å². The van der Waals surface area contributed by atoms with Gasteiger partial charge in [0.05, 0.1) is 7.11 Å². The molecular weight excluding hydrogens is 308 g/mol. The standard InChI is InChI=1S/C23H38O2/c1-19(2)11-7-12-20(3)13-8-14-21(4)15-9-16-22(5)17-10-18-23(24)25-6/h11,13,15,17H,7-10,12,14,16,18H2,1-6H3/b20-13+,21-15?,22-17+. The van der Waals surface area contributed by atoms with E-state index in [0.29, 0.717) is 6.42 Å². The normalized spacial score (nSPS) is 13.0. The molecule has 0 aliphatic rings. The van der Waals surface area contributed by atoms with Gasteiger partial charge in [-0.3, -0.25) is 4.79 Å². The number of carbonyl (C=O) groups is 1. The van der Waals surface area contributed by atoms with Gasteiger partial charge in [-0.1, -0.05) is 46.6 Å². The summed E-state index contributed by atoms with van der Waals surface area (Å²) in [5.41, 5.74) is 5.72. The predicted molar refractivity (Wildman–Crippen MR) is 110 cm³/mol. The van der Waals surface area contributed by atoms with Crippen molar-refractivity contribution >= 4 is 5.97 Å². The summed E-state index contributed by atoms with van der Waals surface area (Å²) >= 11 is 0. The van der Waals surface area contributed by atoms with Gasteiger partial charge in [-0.15, -0.1) is 0 Å². The minimum absolute atomic E-state index is 0.135. The molecule has 0 unspecified atom stereocenters. The fraction of sp³-hybridized carbons (Fsp3) is 0.609. The lowest BCUT2D eigenvalue weighted by Crippen LogP contribution is -1.98. The molecule has 2 heteroatoms. The van der Waals surface area contributed by atoms with Crippen molar-refractivity contribution < 1.29 is 9.53 Å². The number of hydrogen-bond donors (Lipinski definition) is 0. The van der Waals surface area contributed by atoms with Crippen LogP contribution in [0.4, 0.5) is 0 Å². The van der Waals surface area contributed by atoms with Crippen LogP contribution in [-0.2, 0) is 9.53 Å². The van der Waals surface area contributed by atoms with E-state index < -0.39 is 0 Å². The van der Waals surface area contributed by atoms with Gasteiger partial charge in [0.15, 0.2) is 0 Å². The van der Waals surface area contributed by atoms with Crippen molar-refractivity contribution in [1.29, 1.82) is 0 Å². The lowest BCUT2D eigenvalue weighted by molar-refractivity contribution is -0.140. The van der Waals surface area contributed by atoms with Crippen molar-refractivity contribution in [3.63, 3.8) is 0 Å². The molecule has 0 atom stereocenters. The molecular formula is C23H38O2. The van der Waals surface area contributed by atoms with E-state index in [2.05, 4.69) is 63.7 Å². The first-order valence-corrected chi connectivity index (χ1v) is 9.52. The number of allylic oxidation sites excluding steroid dienone is 8. The second-order valence-corrected chi connectivity index (χ2v) is 7.16. The van der Waals surface area contributed by atoms with Gasteiger partial charge in [-0.05, 0) is 79.6 Å². The Morgan fingerprint density at radius 3 is 1.36 bits per heavy atom. The second kappa shape index (κ2) is 14.7. The van der Waals surface area contributed by atoms with Crippen molar-refractivity contribution in [2.75, 3.05) is 7.11 Å². The van der Waals surface area contributed by atoms with Gasteiger partial charge >= 0.3 is 5.97 Å². The Hall–Kier alpha value is -1.57. The van der Waals surface area contributed by atoms with E-state index in [0.717, 1.165) is 38.5 Å². The van der Waals surface area contributed by atoms with E-state index in [1.54, 1.807) is 0 Å². The Morgan fingerprint density at radius 2 is 1.00 bits per heavy atom. The maximum atomic E-state index is 11.1. The van der Waals surface area contributed by atoms with Crippen LogP contribution < -0.4 is 0 Å². The summed E-state index contributed by atoms with van der Waals surface area (Å²) < 4.78 is 4.65. The molecule has 0 bridgehead atoms. The Balaban J connectivity index is 3.99. The van der Waals surface area contributed by atoms with Crippen LogP contribution in [0.15, 0.2) is 46.6 Å². The molecule has 0 saturated carbocycles. The van der Waals surface area contributed by atoms with Crippen LogP contribution in [0.25, 0.3) is 0 Å². The largest absolute Gasteiger partial charge is 0.469 e. The summed E-state index contributed by atoms with van der Waals surface area (Å²) in [6.45, 7) is 10.9. The van der Waals surface area contributed by atoms with Crippen molar-refractivity contribution in [2.45, 2.75) is 86.0 Å². The molecule has 0 aliphatic heterocycles. The Kier molecular flexibility index (Phi) is 13.8. The van der Waals surface area contributed by atoms with Crippen LogP contribution in [0.5, 0.6) is 0 Å². The lowest BCUT2D eigenvalue weighted by atomic mass is 10.0. The van der Waals surface area contributed by atoms with Crippen LogP contribution in [0, 0.1) is 0 Å². The minimum atomic E-state index is -0.135. The van der Waals surface area contributed by atoms with Crippen molar-refractivity contribution in [1.82, 2.24) is 0 Å². The van der Waals surface area contributed by atoms with Crippen LogP contribution in [0.2, 0.25) is 0 Å². The average Bonchev–Trinajstić information content (AvgIpc) is 2.54. The number of hydrogen-bond acceptors (Lipinski definition) is 2. The topological polar surface area (TPSA) is 26.3 Å². The fourth-order valence-electron chi connectivity index (χ4n) is 2.53. The Bertz CT molecular complexity index is 500. The molecule has 0 aromatic heterocycles. The van der Waals surface area contributed by atoms with Crippen LogP contribution in [0.1, 0.15) is 86.0 Å². The molecule has 0 saturated heterocycles. The first kappa shape index (κ1) is 23.4. The van der Waals surface area contributed by atoms with Gasteiger partial charge in [0.2, 0.25) is 0 Å². The number of esters is 1. The molecule has 0 N–H and O–H groups in total. The zero-order valence-corrected chi connectivity index (χ0v) is 17.3. The Morgan fingerprint density at radius 1 is 0.640 bits per heavy atom. The third-order valence-electron chi connectivity index (χ3n) is 4.22. The van der Waals surface area contributed by atoms with Gasteiger partial charge in [0, 0.05) is 6.42 Å². The van der Waals surface area contributed by atoms with E-state index in [9.17, 15) is 4.79 Å². The molecule has 0 aromatic carbocycles. The number of rotatable bonds is 12. The summed E-state index contributed by atoms with van der Waals surface area (Å²) in [7, 11) is 1.44. The molecule has 25 heavy (non-hydrogen) atoms. The zero-order chi connectivity index (χ0) is 19.1. The van der Waals surface area contributed by atoms with Crippen molar-refractivity contribution in [2.24, 2.45) is 0 Å². The summed E-state index contributed by atoms with van der Waals surface area (Å²) in [4.78, 5) is 11.1. The fourth-order valence-corrected chi connectivity index (χ4v) is 2.53. The van der Waals surface area contributed by atoms with Crippen LogP contribution >= 0.6 is 0 Å². The molecule has 0 amide bonds. The Labute approximate surface area is 155 Å². The number of methoxy groups -OCH3 is 1. The average molecular weight is 347 g/mol. The maximum Gasteiger partial charge on any atom is 0.305 e. The first-order chi connectivity index (χ1) is 11.8. The summed E-state index contributed by atoms with van der Waals surface area (Å²) in [5, 5.41) is 0. The molecule has 0 aliphatic carbocycles. The third-order valence-corrected chi connectivity index (χ3v) is 4.22. The molecule has 0 heterocycles. The zero-order valence-electron chi connectivity index (χ0n) is 17.3. The quantitative estimate of drug-likeness (QED) is 0.278. The first-order valence-electron chi connectivity index (χ1n) is 9.52. The number of carbonyl (C=O) groups excluding carboxylic acids is 1. The minimum Gasteiger partial charge on any atom is -0.469 e. The lowest BCUT2D eigenvalue weighted by Gasteiger charge is -2.03. The number of ether oxygens (including phenoxy) is 1. The monoisotopic (exact) mass is 346 g/mol. The van der Waals surface area contributed by atoms with Gasteiger partial charge in [0.1, 0.15) is 0 Å². The SMILES string of the molecule is COC(=O)CC/C=C(\C)CCC=C(C)CC/C=C(\C)CCC=C(C)C. The van der Waals surface area contributed by atoms with Crippen molar-refractivity contribution in [3.8, 4) is 0 Å². The molecule has 0 aromatic rings. The van der Waals surface area contributed by atoms with E-state index in [-0.39, 0.29) is 5.97 Å². The maximum absolute atomic E-state index is 11.1. The van der Waals surface area contributed by atoms with Gasteiger partial charge in [0.25, 0.3) is 0 Å². The summed E-state index contributed by atoms with van der Waals surface area (Å²) in [5.74, 6) is -0.135. The molecule has 0 rings (SSSR count). The molecule has 2 nitrogen and oxygen atoms in total. The van der Waals surface area contributed by atoms with Crippen LogP contribution in [0.3, 0.4) is 0 Å². The van der Waals surface area contributed by atoms with Crippen LogP contribution in [-0.4, -0.2) is 13.1 Å². The highest BCUT2D eigenvalue weighted by molar-refractivity contribution is 5.69.